The van der Waals surface area contributed by atoms with Crippen molar-refractivity contribution in [2.45, 2.75) is 33.1 Å². The number of anilines is 1. The van der Waals surface area contributed by atoms with E-state index in [-0.39, 0.29) is 11.8 Å². The standard InChI is InChI=1S/C18H20N2O2/c1-12(2)17-19-13(3)16(22-17)18(21)20-11-7-6-9-14-8-4-5-10-15(14)20/h4-6,8-10,12H,7,11H2,1-3H3. The summed E-state index contributed by atoms with van der Waals surface area (Å²) in [5.41, 5.74) is 2.63. The maximum atomic E-state index is 12.9. The van der Waals surface area contributed by atoms with E-state index in [1.807, 2.05) is 45.0 Å². The van der Waals surface area contributed by atoms with Crippen molar-refractivity contribution in [3.05, 3.63) is 53.2 Å². The quantitative estimate of drug-likeness (QED) is 0.835. The average Bonchev–Trinajstić information content (AvgIpc) is 2.77. The van der Waals surface area contributed by atoms with Crippen LogP contribution in [0.4, 0.5) is 5.69 Å². The van der Waals surface area contributed by atoms with Gasteiger partial charge >= 0.3 is 0 Å². The van der Waals surface area contributed by atoms with E-state index in [1.54, 1.807) is 4.90 Å². The molecule has 0 bridgehead atoms. The zero-order chi connectivity index (χ0) is 15.7. The van der Waals surface area contributed by atoms with E-state index in [1.165, 1.54) is 0 Å². The summed E-state index contributed by atoms with van der Waals surface area (Å²) in [6, 6.07) is 7.92. The Morgan fingerprint density at radius 2 is 2.09 bits per heavy atom. The normalized spacial score (nSPS) is 14.1. The summed E-state index contributed by atoms with van der Waals surface area (Å²) >= 11 is 0. The molecule has 0 spiro atoms. The molecule has 0 saturated heterocycles. The van der Waals surface area contributed by atoms with Gasteiger partial charge in [0.15, 0.2) is 5.89 Å². The monoisotopic (exact) mass is 296 g/mol. The molecule has 2 heterocycles. The number of carbonyl (C=O) groups is 1. The van der Waals surface area contributed by atoms with Crippen molar-refractivity contribution in [1.29, 1.82) is 0 Å². The number of aromatic nitrogens is 1. The highest BCUT2D eigenvalue weighted by molar-refractivity contribution is 6.06. The number of aryl methyl sites for hydroxylation is 1. The van der Waals surface area contributed by atoms with E-state index in [0.717, 1.165) is 17.7 Å². The van der Waals surface area contributed by atoms with Crippen LogP contribution >= 0.6 is 0 Å². The molecule has 114 valence electrons. The van der Waals surface area contributed by atoms with Crippen LogP contribution in [-0.4, -0.2) is 17.4 Å². The Kier molecular flexibility index (Phi) is 3.84. The minimum absolute atomic E-state index is 0.118. The van der Waals surface area contributed by atoms with Gasteiger partial charge in [0.25, 0.3) is 5.91 Å². The van der Waals surface area contributed by atoms with E-state index in [9.17, 15) is 4.79 Å². The lowest BCUT2D eigenvalue weighted by atomic mass is 10.1. The van der Waals surface area contributed by atoms with Gasteiger partial charge in [0.05, 0.1) is 11.4 Å². The van der Waals surface area contributed by atoms with Crippen LogP contribution in [0.1, 0.15) is 53.9 Å². The van der Waals surface area contributed by atoms with Crippen molar-refractivity contribution < 1.29 is 9.21 Å². The Bertz CT molecular complexity index is 728. The van der Waals surface area contributed by atoms with Crippen LogP contribution in [0.3, 0.4) is 0 Å². The minimum atomic E-state index is -0.118. The molecular weight excluding hydrogens is 276 g/mol. The average molecular weight is 296 g/mol. The molecule has 1 aromatic carbocycles. The fourth-order valence-electron chi connectivity index (χ4n) is 2.60. The third kappa shape index (κ3) is 2.56. The van der Waals surface area contributed by atoms with Crippen LogP contribution in [0.15, 0.2) is 34.8 Å². The highest BCUT2D eigenvalue weighted by Gasteiger charge is 2.26. The van der Waals surface area contributed by atoms with E-state index >= 15 is 0 Å². The molecule has 1 aliphatic heterocycles. The molecule has 0 saturated carbocycles. The van der Waals surface area contributed by atoms with Gasteiger partial charge in [-0.2, -0.15) is 0 Å². The molecule has 1 aliphatic rings. The lowest BCUT2D eigenvalue weighted by Crippen LogP contribution is -2.32. The van der Waals surface area contributed by atoms with Gasteiger partial charge in [0.1, 0.15) is 0 Å². The molecule has 3 rings (SSSR count). The highest BCUT2D eigenvalue weighted by atomic mass is 16.4. The van der Waals surface area contributed by atoms with Crippen LogP contribution in [0, 0.1) is 6.92 Å². The third-order valence-corrected chi connectivity index (χ3v) is 3.79. The largest absolute Gasteiger partial charge is 0.435 e. The molecular formula is C18H20N2O2. The number of nitrogens with zero attached hydrogens (tertiary/aromatic N) is 2. The number of hydrogen-bond acceptors (Lipinski definition) is 3. The zero-order valence-corrected chi connectivity index (χ0v) is 13.2. The smallest absolute Gasteiger partial charge is 0.296 e. The second-order valence-corrected chi connectivity index (χ2v) is 5.83. The third-order valence-electron chi connectivity index (χ3n) is 3.79. The first-order valence-corrected chi connectivity index (χ1v) is 7.62. The maximum Gasteiger partial charge on any atom is 0.296 e. The van der Waals surface area contributed by atoms with Crippen molar-refractivity contribution in [2.75, 3.05) is 11.4 Å². The van der Waals surface area contributed by atoms with Crippen LogP contribution in [0.5, 0.6) is 0 Å². The zero-order valence-electron chi connectivity index (χ0n) is 13.2. The van der Waals surface area contributed by atoms with E-state index < -0.39 is 0 Å². The molecule has 0 atom stereocenters. The molecule has 2 aromatic rings. The second kappa shape index (κ2) is 5.79. The fourth-order valence-corrected chi connectivity index (χ4v) is 2.60. The van der Waals surface area contributed by atoms with Gasteiger partial charge in [-0.05, 0) is 25.0 Å². The Balaban J connectivity index is 1.99. The molecule has 1 aromatic heterocycles. The summed E-state index contributed by atoms with van der Waals surface area (Å²) in [5.74, 6) is 1.01. The molecule has 22 heavy (non-hydrogen) atoms. The number of carbonyl (C=O) groups excluding carboxylic acids is 1. The SMILES string of the molecule is Cc1nc(C(C)C)oc1C(=O)N1CCC=Cc2ccccc21. The Labute approximate surface area is 130 Å². The number of benzene rings is 1. The Morgan fingerprint density at radius 1 is 1.32 bits per heavy atom. The lowest BCUT2D eigenvalue weighted by Gasteiger charge is -2.21. The summed E-state index contributed by atoms with van der Waals surface area (Å²) in [6.45, 7) is 6.48. The van der Waals surface area contributed by atoms with Crippen molar-refractivity contribution in [2.24, 2.45) is 0 Å². The van der Waals surface area contributed by atoms with Gasteiger partial charge in [-0.25, -0.2) is 4.98 Å². The van der Waals surface area contributed by atoms with E-state index in [4.69, 9.17) is 4.42 Å². The summed E-state index contributed by atoms with van der Waals surface area (Å²) in [4.78, 5) is 19.1. The number of para-hydroxylation sites is 1. The first kappa shape index (κ1) is 14.6. The summed E-state index contributed by atoms with van der Waals surface area (Å²) in [5, 5.41) is 0. The Morgan fingerprint density at radius 3 is 2.82 bits per heavy atom. The number of amides is 1. The first-order chi connectivity index (χ1) is 10.6. The number of fused-ring (bicyclic) bond motifs is 1. The molecule has 0 radical (unpaired) electrons. The molecule has 1 amide bonds. The molecule has 0 fully saturated rings. The predicted octanol–water partition coefficient (Wildman–Crippen LogP) is 4.17. The van der Waals surface area contributed by atoms with Crippen molar-refractivity contribution in [3.8, 4) is 0 Å². The summed E-state index contributed by atoms with van der Waals surface area (Å²) in [6.07, 6.45) is 4.99. The molecule has 0 N–H and O–H groups in total. The molecule has 0 aliphatic carbocycles. The maximum absolute atomic E-state index is 12.9. The Hall–Kier alpha value is -2.36. The number of hydrogen-bond donors (Lipinski definition) is 0. The van der Waals surface area contributed by atoms with Gasteiger partial charge < -0.3 is 9.32 Å². The number of oxazole rings is 1. The highest BCUT2D eigenvalue weighted by Crippen LogP contribution is 2.28. The van der Waals surface area contributed by atoms with Gasteiger partial charge in [0, 0.05) is 12.5 Å². The topological polar surface area (TPSA) is 46.3 Å². The second-order valence-electron chi connectivity index (χ2n) is 5.83. The van der Waals surface area contributed by atoms with E-state index in [2.05, 4.69) is 17.1 Å². The summed E-state index contributed by atoms with van der Waals surface area (Å²) < 4.78 is 5.72. The van der Waals surface area contributed by atoms with Gasteiger partial charge in [-0.1, -0.05) is 44.2 Å². The lowest BCUT2D eigenvalue weighted by molar-refractivity contribution is 0.0958. The predicted molar refractivity (Wildman–Crippen MR) is 87.1 cm³/mol. The van der Waals surface area contributed by atoms with E-state index in [0.29, 0.717) is 23.9 Å². The minimum Gasteiger partial charge on any atom is -0.435 e. The first-order valence-electron chi connectivity index (χ1n) is 7.62. The molecule has 4 heteroatoms. The summed E-state index contributed by atoms with van der Waals surface area (Å²) in [7, 11) is 0. The fraction of sp³-hybridized carbons (Fsp3) is 0.333. The molecule has 4 nitrogen and oxygen atoms in total. The van der Waals surface area contributed by atoms with Gasteiger partial charge in [-0.15, -0.1) is 0 Å². The van der Waals surface area contributed by atoms with Crippen molar-refractivity contribution in [3.63, 3.8) is 0 Å². The van der Waals surface area contributed by atoms with Crippen LogP contribution in [0.25, 0.3) is 6.08 Å². The van der Waals surface area contributed by atoms with Crippen LogP contribution in [-0.2, 0) is 0 Å². The van der Waals surface area contributed by atoms with Gasteiger partial charge in [0.2, 0.25) is 5.76 Å². The van der Waals surface area contributed by atoms with Crippen LogP contribution < -0.4 is 4.90 Å². The van der Waals surface area contributed by atoms with Crippen molar-refractivity contribution >= 4 is 17.7 Å². The van der Waals surface area contributed by atoms with Crippen LogP contribution in [0.2, 0.25) is 0 Å². The molecule has 0 unspecified atom stereocenters. The van der Waals surface area contributed by atoms with Gasteiger partial charge in [-0.3, -0.25) is 4.79 Å². The number of rotatable bonds is 2. The van der Waals surface area contributed by atoms with Crippen molar-refractivity contribution in [1.82, 2.24) is 4.98 Å².